The number of amides is 1. The average Bonchev–Trinajstić information content (AvgIpc) is 3.40. The van der Waals surface area contributed by atoms with E-state index in [0.29, 0.717) is 43.2 Å². The Morgan fingerprint density at radius 1 is 0.818 bits per heavy atom. The number of hydrogen-bond donors (Lipinski definition) is 0. The van der Waals surface area contributed by atoms with Gasteiger partial charge >= 0.3 is 0 Å². The van der Waals surface area contributed by atoms with Crippen LogP contribution in [0.4, 0.5) is 11.8 Å². The number of aryl methyl sites for hydroxylation is 1. The van der Waals surface area contributed by atoms with Gasteiger partial charge in [-0.05, 0) is 44.0 Å². The maximum Gasteiger partial charge on any atom is 0.257 e. The summed E-state index contributed by atoms with van der Waals surface area (Å²) in [6.07, 6.45) is 2.43. The second kappa shape index (κ2) is 9.48. The van der Waals surface area contributed by atoms with Crippen molar-refractivity contribution in [1.82, 2.24) is 14.9 Å². The van der Waals surface area contributed by atoms with Crippen LogP contribution in [0.25, 0.3) is 0 Å². The van der Waals surface area contributed by atoms with Gasteiger partial charge in [0.1, 0.15) is 17.3 Å². The summed E-state index contributed by atoms with van der Waals surface area (Å²) < 4.78 is 6.00. The molecule has 2 saturated heterocycles. The van der Waals surface area contributed by atoms with Crippen LogP contribution in [0.5, 0.6) is 11.5 Å². The van der Waals surface area contributed by atoms with E-state index in [4.69, 9.17) is 9.72 Å². The van der Waals surface area contributed by atoms with E-state index in [0.717, 1.165) is 30.5 Å². The standard InChI is InChI=1S/C26H29N5O2/c1-20-19-24(29-13-7-8-14-29)28-26(27-20)31-17-15-30(16-18-31)25(32)22-11-5-6-12-23(22)33-21-9-3-2-4-10-21/h2-6,9-12,19H,7-8,13-18H2,1H3. The molecule has 0 saturated carbocycles. The van der Waals surface area contributed by atoms with Crippen LogP contribution in [0.15, 0.2) is 60.7 Å². The van der Waals surface area contributed by atoms with Crippen molar-refractivity contribution in [3.63, 3.8) is 0 Å². The third-order valence-corrected chi connectivity index (χ3v) is 6.20. The molecule has 0 radical (unpaired) electrons. The Hall–Kier alpha value is -3.61. The maximum atomic E-state index is 13.3. The first-order valence-electron chi connectivity index (χ1n) is 11.6. The minimum absolute atomic E-state index is 0.0101. The van der Waals surface area contributed by atoms with Crippen LogP contribution >= 0.6 is 0 Å². The topological polar surface area (TPSA) is 61.8 Å². The van der Waals surface area contributed by atoms with Crippen molar-refractivity contribution in [1.29, 1.82) is 0 Å². The quantitative estimate of drug-likeness (QED) is 0.591. The zero-order chi connectivity index (χ0) is 22.6. The van der Waals surface area contributed by atoms with Crippen LogP contribution < -0.4 is 14.5 Å². The first-order valence-corrected chi connectivity index (χ1v) is 11.6. The molecule has 0 unspecified atom stereocenters. The number of ether oxygens (including phenoxy) is 1. The Morgan fingerprint density at radius 2 is 1.52 bits per heavy atom. The van der Waals surface area contributed by atoms with Gasteiger partial charge in [-0.3, -0.25) is 4.79 Å². The summed E-state index contributed by atoms with van der Waals surface area (Å²) in [6, 6.07) is 19.1. The molecule has 7 heteroatoms. The minimum atomic E-state index is -0.0101. The normalized spacial score (nSPS) is 16.2. The molecular formula is C26H29N5O2. The number of para-hydroxylation sites is 2. The Balaban J connectivity index is 1.27. The molecule has 170 valence electrons. The van der Waals surface area contributed by atoms with Crippen molar-refractivity contribution < 1.29 is 9.53 Å². The Labute approximate surface area is 194 Å². The van der Waals surface area contributed by atoms with Gasteiger partial charge in [0.05, 0.1) is 5.56 Å². The number of carbonyl (C=O) groups is 1. The Bertz CT molecular complexity index is 1110. The number of nitrogens with zero attached hydrogens (tertiary/aromatic N) is 5. The summed E-state index contributed by atoms with van der Waals surface area (Å²) in [5.74, 6) is 3.06. The molecule has 7 nitrogen and oxygen atoms in total. The number of carbonyl (C=O) groups excluding carboxylic acids is 1. The highest BCUT2D eigenvalue weighted by atomic mass is 16.5. The Morgan fingerprint density at radius 3 is 2.27 bits per heavy atom. The molecule has 5 rings (SSSR count). The highest BCUT2D eigenvalue weighted by Crippen LogP contribution is 2.27. The molecule has 0 aliphatic carbocycles. The van der Waals surface area contributed by atoms with Gasteiger partial charge in [-0.15, -0.1) is 0 Å². The summed E-state index contributed by atoms with van der Waals surface area (Å²) in [6.45, 7) is 6.79. The van der Waals surface area contributed by atoms with Crippen molar-refractivity contribution >= 4 is 17.7 Å². The summed E-state index contributed by atoms with van der Waals surface area (Å²) >= 11 is 0. The lowest BCUT2D eigenvalue weighted by molar-refractivity contribution is 0.0743. The molecule has 0 atom stereocenters. The third-order valence-electron chi connectivity index (χ3n) is 6.20. The van der Waals surface area contributed by atoms with Gasteiger partial charge in [0.15, 0.2) is 0 Å². The fourth-order valence-corrected chi connectivity index (χ4v) is 4.41. The van der Waals surface area contributed by atoms with E-state index in [2.05, 4.69) is 20.9 Å². The van der Waals surface area contributed by atoms with Crippen LogP contribution in [0, 0.1) is 6.92 Å². The van der Waals surface area contributed by atoms with Crippen LogP contribution in [-0.4, -0.2) is 60.0 Å². The highest BCUT2D eigenvalue weighted by Gasteiger charge is 2.26. The number of benzene rings is 2. The lowest BCUT2D eigenvalue weighted by Crippen LogP contribution is -2.49. The SMILES string of the molecule is Cc1cc(N2CCCC2)nc(N2CCN(C(=O)c3ccccc3Oc3ccccc3)CC2)n1. The van der Waals surface area contributed by atoms with Crippen molar-refractivity contribution in [2.24, 2.45) is 0 Å². The molecule has 2 fully saturated rings. The summed E-state index contributed by atoms with van der Waals surface area (Å²) in [5.41, 5.74) is 1.56. The van der Waals surface area contributed by atoms with Crippen molar-refractivity contribution in [2.75, 3.05) is 49.1 Å². The van der Waals surface area contributed by atoms with Gasteiger partial charge in [-0.25, -0.2) is 4.98 Å². The number of piperazine rings is 1. The largest absolute Gasteiger partial charge is 0.457 e. The molecule has 2 aromatic carbocycles. The predicted molar refractivity (Wildman–Crippen MR) is 129 cm³/mol. The molecule has 3 heterocycles. The van der Waals surface area contributed by atoms with Crippen molar-refractivity contribution in [3.05, 3.63) is 71.9 Å². The van der Waals surface area contributed by atoms with Crippen LogP contribution in [-0.2, 0) is 0 Å². The molecule has 2 aliphatic heterocycles. The first-order chi connectivity index (χ1) is 16.2. The van der Waals surface area contributed by atoms with Crippen LogP contribution in [0.3, 0.4) is 0 Å². The Kier molecular flexibility index (Phi) is 6.11. The average molecular weight is 444 g/mol. The molecule has 0 spiro atoms. The molecule has 1 amide bonds. The van der Waals surface area contributed by atoms with Crippen LogP contribution in [0.2, 0.25) is 0 Å². The van der Waals surface area contributed by atoms with Crippen molar-refractivity contribution in [2.45, 2.75) is 19.8 Å². The highest BCUT2D eigenvalue weighted by molar-refractivity contribution is 5.97. The molecule has 33 heavy (non-hydrogen) atoms. The van der Waals surface area contributed by atoms with E-state index < -0.39 is 0 Å². The predicted octanol–water partition coefficient (Wildman–Crippen LogP) is 4.14. The maximum absolute atomic E-state index is 13.3. The number of rotatable bonds is 5. The second-order valence-corrected chi connectivity index (χ2v) is 8.55. The number of anilines is 2. The molecule has 2 aliphatic rings. The smallest absolute Gasteiger partial charge is 0.257 e. The summed E-state index contributed by atoms with van der Waals surface area (Å²) in [7, 11) is 0. The monoisotopic (exact) mass is 443 g/mol. The molecule has 0 bridgehead atoms. The minimum Gasteiger partial charge on any atom is -0.457 e. The number of aromatic nitrogens is 2. The summed E-state index contributed by atoms with van der Waals surface area (Å²) in [5, 5.41) is 0. The van der Waals surface area contributed by atoms with Gasteiger partial charge < -0.3 is 19.4 Å². The first kappa shape index (κ1) is 21.2. The van der Waals surface area contributed by atoms with E-state index >= 15 is 0 Å². The van der Waals surface area contributed by atoms with Gasteiger partial charge in [0, 0.05) is 51.0 Å². The van der Waals surface area contributed by atoms with Gasteiger partial charge in [-0.1, -0.05) is 30.3 Å². The molecule has 1 aromatic heterocycles. The summed E-state index contributed by atoms with van der Waals surface area (Å²) in [4.78, 5) is 29.3. The van der Waals surface area contributed by atoms with Crippen LogP contribution in [0.1, 0.15) is 28.9 Å². The fourth-order valence-electron chi connectivity index (χ4n) is 4.41. The lowest BCUT2D eigenvalue weighted by atomic mass is 10.1. The van der Waals surface area contributed by atoms with Crippen molar-refractivity contribution in [3.8, 4) is 11.5 Å². The van der Waals surface area contributed by atoms with Gasteiger partial charge in [0.2, 0.25) is 5.95 Å². The fraction of sp³-hybridized carbons (Fsp3) is 0.346. The molecule has 3 aromatic rings. The molecule has 0 N–H and O–H groups in total. The van der Waals surface area contributed by atoms with E-state index in [-0.39, 0.29) is 5.91 Å². The van der Waals surface area contributed by atoms with E-state index in [1.807, 2.05) is 66.4 Å². The zero-order valence-corrected chi connectivity index (χ0v) is 19.0. The second-order valence-electron chi connectivity index (χ2n) is 8.55. The number of hydrogen-bond acceptors (Lipinski definition) is 6. The van der Waals surface area contributed by atoms with Gasteiger partial charge in [0.25, 0.3) is 5.91 Å². The van der Waals surface area contributed by atoms with Gasteiger partial charge in [-0.2, -0.15) is 4.98 Å². The van der Waals surface area contributed by atoms with E-state index in [1.54, 1.807) is 0 Å². The molecular weight excluding hydrogens is 414 g/mol. The van der Waals surface area contributed by atoms with E-state index in [1.165, 1.54) is 12.8 Å². The van der Waals surface area contributed by atoms with E-state index in [9.17, 15) is 4.79 Å². The third kappa shape index (κ3) is 4.77. The lowest BCUT2D eigenvalue weighted by Gasteiger charge is -2.35. The zero-order valence-electron chi connectivity index (χ0n) is 19.0.